The van der Waals surface area contributed by atoms with Crippen LogP contribution in [-0.4, -0.2) is 18.0 Å². The average molecular weight is 233 g/mol. The zero-order valence-corrected chi connectivity index (χ0v) is 9.48. The molecule has 2 aliphatic rings. The predicted octanol–water partition coefficient (Wildman–Crippen LogP) is 2.06. The summed E-state index contributed by atoms with van der Waals surface area (Å²) in [6.45, 7) is 1.84. The predicted molar refractivity (Wildman–Crippen MR) is 65.1 cm³/mol. The third-order valence-electron chi connectivity index (χ3n) is 3.47. The SMILES string of the molecule is O=[N+]([O-])c1ccc2c(c1)[C@@H](NCC1CC1)CN2. The number of nitro groups is 1. The van der Waals surface area contributed by atoms with Crippen LogP contribution >= 0.6 is 0 Å². The van der Waals surface area contributed by atoms with Gasteiger partial charge in [0.1, 0.15) is 0 Å². The van der Waals surface area contributed by atoms with Crippen molar-refractivity contribution in [1.82, 2.24) is 5.32 Å². The van der Waals surface area contributed by atoms with Crippen molar-refractivity contribution in [2.45, 2.75) is 18.9 Å². The third-order valence-corrected chi connectivity index (χ3v) is 3.47. The van der Waals surface area contributed by atoms with Crippen molar-refractivity contribution in [1.29, 1.82) is 0 Å². The van der Waals surface area contributed by atoms with Crippen LogP contribution in [0.2, 0.25) is 0 Å². The van der Waals surface area contributed by atoms with E-state index in [9.17, 15) is 10.1 Å². The molecule has 1 aliphatic carbocycles. The van der Waals surface area contributed by atoms with Crippen molar-refractivity contribution in [2.75, 3.05) is 18.4 Å². The smallest absolute Gasteiger partial charge is 0.269 e. The number of anilines is 1. The maximum Gasteiger partial charge on any atom is 0.269 e. The second-order valence-corrected chi connectivity index (χ2v) is 4.81. The van der Waals surface area contributed by atoms with Crippen molar-refractivity contribution in [3.63, 3.8) is 0 Å². The summed E-state index contributed by atoms with van der Waals surface area (Å²) in [6.07, 6.45) is 2.63. The highest BCUT2D eigenvalue weighted by molar-refractivity contribution is 5.61. The van der Waals surface area contributed by atoms with E-state index in [4.69, 9.17) is 0 Å². The minimum Gasteiger partial charge on any atom is -0.383 e. The Hall–Kier alpha value is -1.62. The highest BCUT2D eigenvalue weighted by atomic mass is 16.6. The van der Waals surface area contributed by atoms with E-state index in [1.807, 2.05) is 0 Å². The molecular weight excluding hydrogens is 218 g/mol. The summed E-state index contributed by atoms with van der Waals surface area (Å²) in [5, 5.41) is 17.5. The number of non-ortho nitro benzene ring substituents is 1. The minimum atomic E-state index is -0.337. The average Bonchev–Trinajstić information content (AvgIpc) is 3.06. The van der Waals surface area contributed by atoms with E-state index in [0.29, 0.717) is 0 Å². The zero-order chi connectivity index (χ0) is 11.8. The van der Waals surface area contributed by atoms with Crippen molar-refractivity contribution >= 4 is 11.4 Å². The monoisotopic (exact) mass is 233 g/mol. The van der Waals surface area contributed by atoms with Gasteiger partial charge in [0, 0.05) is 29.9 Å². The molecule has 1 atom stereocenters. The highest BCUT2D eigenvalue weighted by Gasteiger charge is 2.27. The van der Waals surface area contributed by atoms with Gasteiger partial charge in [0.25, 0.3) is 5.69 Å². The molecule has 90 valence electrons. The molecule has 1 fully saturated rings. The molecule has 1 aromatic carbocycles. The lowest BCUT2D eigenvalue weighted by Crippen LogP contribution is -2.24. The summed E-state index contributed by atoms with van der Waals surface area (Å²) in [5.74, 6) is 0.817. The molecule has 0 aromatic heterocycles. The highest BCUT2D eigenvalue weighted by Crippen LogP contribution is 2.34. The van der Waals surface area contributed by atoms with Crippen LogP contribution in [0.25, 0.3) is 0 Å². The summed E-state index contributed by atoms with van der Waals surface area (Å²) in [5.41, 5.74) is 2.22. The molecule has 1 aliphatic heterocycles. The molecule has 0 saturated heterocycles. The van der Waals surface area contributed by atoms with E-state index < -0.39 is 0 Å². The molecule has 5 heteroatoms. The zero-order valence-electron chi connectivity index (χ0n) is 9.48. The lowest BCUT2D eigenvalue weighted by Gasteiger charge is -2.11. The van der Waals surface area contributed by atoms with E-state index in [2.05, 4.69) is 10.6 Å². The van der Waals surface area contributed by atoms with Gasteiger partial charge in [-0.05, 0) is 31.4 Å². The molecule has 1 heterocycles. The molecule has 1 saturated carbocycles. The number of benzene rings is 1. The summed E-state index contributed by atoms with van der Waals surface area (Å²) in [6, 6.07) is 5.24. The first-order valence-corrected chi connectivity index (χ1v) is 5.99. The van der Waals surface area contributed by atoms with E-state index in [1.165, 1.54) is 12.8 Å². The molecule has 0 amide bonds. The normalized spacial score (nSPS) is 22.0. The second-order valence-electron chi connectivity index (χ2n) is 4.81. The molecule has 5 nitrogen and oxygen atoms in total. The summed E-state index contributed by atoms with van der Waals surface area (Å²) in [7, 11) is 0. The van der Waals surface area contributed by atoms with Gasteiger partial charge in [-0.1, -0.05) is 0 Å². The standard InChI is InChI=1S/C12H15N3O2/c16-15(17)9-3-4-11-10(5-9)12(7-14-11)13-6-8-1-2-8/h3-5,8,12-14H,1-2,6-7H2/t12-/m0/s1. The Morgan fingerprint density at radius 1 is 1.47 bits per heavy atom. The largest absolute Gasteiger partial charge is 0.383 e. The quantitative estimate of drug-likeness (QED) is 0.617. The van der Waals surface area contributed by atoms with Crippen molar-refractivity contribution in [3.8, 4) is 0 Å². The van der Waals surface area contributed by atoms with Gasteiger partial charge in [0.05, 0.1) is 11.0 Å². The van der Waals surface area contributed by atoms with Gasteiger partial charge in [0.2, 0.25) is 0 Å². The maximum absolute atomic E-state index is 10.7. The molecule has 1 aromatic rings. The van der Waals surface area contributed by atoms with Crippen LogP contribution in [0.5, 0.6) is 0 Å². The van der Waals surface area contributed by atoms with Gasteiger partial charge in [-0.25, -0.2) is 0 Å². The van der Waals surface area contributed by atoms with Gasteiger partial charge in [-0.15, -0.1) is 0 Å². The van der Waals surface area contributed by atoms with Gasteiger partial charge < -0.3 is 10.6 Å². The van der Waals surface area contributed by atoms with Crippen LogP contribution in [0.15, 0.2) is 18.2 Å². The Bertz CT molecular complexity index is 457. The number of hydrogen-bond donors (Lipinski definition) is 2. The molecule has 0 bridgehead atoms. The Labute approximate surface area is 99.4 Å². The summed E-state index contributed by atoms with van der Waals surface area (Å²) in [4.78, 5) is 10.4. The number of hydrogen-bond acceptors (Lipinski definition) is 4. The number of nitrogens with one attached hydrogen (secondary N) is 2. The van der Waals surface area contributed by atoms with E-state index in [1.54, 1.807) is 18.2 Å². The Balaban J connectivity index is 1.78. The first kappa shape index (κ1) is 10.5. The second kappa shape index (κ2) is 4.00. The molecule has 17 heavy (non-hydrogen) atoms. The first-order valence-electron chi connectivity index (χ1n) is 5.99. The van der Waals surface area contributed by atoms with Gasteiger partial charge in [-0.2, -0.15) is 0 Å². The Morgan fingerprint density at radius 3 is 3.00 bits per heavy atom. The van der Waals surface area contributed by atoms with E-state index >= 15 is 0 Å². The lowest BCUT2D eigenvalue weighted by molar-refractivity contribution is -0.384. The van der Waals surface area contributed by atoms with Crippen LogP contribution < -0.4 is 10.6 Å². The number of nitrogens with zero attached hydrogens (tertiary/aromatic N) is 1. The van der Waals surface area contributed by atoms with E-state index in [0.717, 1.165) is 30.3 Å². The van der Waals surface area contributed by atoms with Crippen LogP contribution in [0.4, 0.5) is 11.4 Å². The minimum absolute atomic E-state index is 0.172. The molecule has 3 rings (SSSR count). The Morgan fingerprint density at radius 2 is 2.29 bits per heavy atom. The topological polar surface area (TPSA) is 67.2 Å². The number of nitro benzene ring substituents is 1. The van der Waals surface area contributed by atoms with Gasteiger partial charge in [0.15, 0.2) is 0 Å². The molecule has 0 spiro atoms. The summed E-state index contributed by atoms with van der Waals surface area (Å²) >= 11 is 0. The van der Waals surface area contributed by atoms with E-state index in [-0.39, 0.29) is 16.7 Å². The van der Waals surface area contributed by atoms with Crippen molar-refractivity contribution < 1.29 is 4.92 Å². The molecule has 2 N–H and O–H groups in total. The van der Waals surface area contributed by atoms with Gasteiger partial charge >= 0.3 is 0 Å². The summed E-state index contributed by atoms with van der Waals surface area (Å²) < 4.78 is 0. The lowest BCUT2D eigenvalue weighted by atomic mass is 10.1. The van der Waals surface area contributed by atoms with Crippen molar-refractivity contribution in [3.05, 3.63) is 33.9 Å². The molecular formula is C12H15N3O2. The Kier molecular flexibility index (Phi) is 2.48. The van der Waals surface area contributed by atoms with Crippen LogP contribution in [-0.2, 0) is 0 Å². The number of rotatable bonds is 4. The molecule has 0 unspecified atom stereocenters. The van der Waals surface area contributed by atoms with Crippen LogP contribution in [0, 0.1) is 16.0 Å². The fourth-order valence-electron chi connectivity index (χ4n) is 2.25. The molecule has 0 radical (unpaired) electrons. The fraction of sp³-hybridized carbons (Fsp3) is 0.500. The fourth-order valence-corrected chi connectivity index (χ4v) is 2.25. The first-order chi connectivity index (χ1) is 8.24. The number of fused-ring (bicyclic) bond motifs is 1. The maximum atomic E-state index is 10.7. The van der Waals surface area contributed by atoms with Crippen LogP contribution in [0.1, 0.15) is 24.4 Å². The van der Waals surface area contributed by atoms with Crippen molar-refractivity contribution in [2.24, 2.45) is 5.92 Å². The van der Waals surface area contributed by atoms with Gasteiger partial charge in [-0.3, -0.25) is 10.1 Å². The van der Waals surface area contributed by atoms with Crippen LogP contribution in [0.3, 0.4) is 0 Å². The third kappa shape index (κ3) is 2.10.